The number of rotatable bonds is 4. The molecule has 19 heavy (non-hydrogen) atoms. The molecule has 0 heterocycles. The normalized spacial score (nSPS) is 11.4. The van der Waals surface area contributed by atoms with Crippen LogP contribution in [0, 0.1) is 0 Å². The summed E-state index contributed by atoms with van der Waals surface area (Å²) in [6, 6.07) is 0.811. The SMILES string of the molecule is CC(=O)CC(=O)c1c(S(=O)(=O)O)cc(Cl)c(N)c1Cl. The van der Waals surface area contributed by atoms with E-state index in [1.165, 1.54) is 0 Å². The largest absolute Gasteiger partial charge is 0.396 e. The van der Waals surface area contributed by atoms with Crippen LogP contribution in [0.2, 0.25) is 10.0 Å². The molecule has 0 aliphatic rings. The molecule has 104 valence electrons. The lowest BCUT2D eigenvalue weighted by Crippen LogP contribution is -2.13. The number of ketones is 2. The molecule has 0 saturated heterocycles. The lowest BCUT2D eigenvalue weighted by Gasteiger charge is -2.11. The van der Waals surface area contributed by atoms with Crippen LogP contribution in [-0.4, -0.2) is 24.5 Å². The van der Waals surface area contributed by atoms with Gasteiger partial charge in [-0.25, -0.2) is 0 Å². The van der Waals surface area contributed by atoms with E-state index in [9.17, 15) is 18.0 Å². The molecule has 1 aromatic carbocycles. The highest BCUT2D eigenvalue weighted by atomic mass is 35.5. The molecule has 0 aliphatic heterocycles. The minimum Gasteiger partial charge on any atom is -0.396 e. The second-order valence-corrected chi connectivity index (χ2v) is 5.91. The van der Waals surface area contributed by atoms with Crippen LogP contribution in [-0.2, 0) is 14.9 Å². The number of carbonyl (C=O) groups is 2. The van der Waals surface area contributed by atoms with Crippen molar-refractivity contribution < 1.29 is 22.6 Å². The van der Waals surface area contributed by atoms with Crippen molar-refractivity contribution in [1.82, 2.24) is 0 Å². The van der Waals surface area contributed by atoms with Crippen molar-refractivity contribution in [1.29, 1.82) is 0 Å². The third-order valence-electron chi connectivity index (χ3n) is 2.18. The Morgan fingerprint density at radius 2 is 1.89 bits per heavy atom. The van der Waals surface area contributed by atoms with Crippen molar-refractivity contribution in [3.63, 3.8) is 0 Å². The van der Waals surface area contributed by atoms with E-state index in [1.54, 1.807) is 0 Å². The number of anilines is 1. The zero-order chi connectivity index (χ0) is 15.0. The first kappa shape index (κ1) is 15.9. The fourth-order valence-electron chi connectivity index (χ4n) is 1.39. The molecule has 0 bridgehead atoms. The average Bonchev–Trinajstić information content (AvgIpc) is 2.22. The average molecular weight is 326 g/mol. The third kappa shape index (κ3) is 3.44. The first-order valence-electron chi connectivity index (χ1n) is 4.83. The summed E-state index contributed by atoms with van der Waals surface area (Å²) < 4.78 is 31.5. The quantitative estimate of drug-likeness (QED) is 0.378. The maximum atomic E-state index is 11.8. The minimum absolute atomic E-state index is 0.206. The first-order chi connectivity index (χ1) is 8.55. The second-order valence-electron chi connectivity index (χ2n) is 3.74. The Hall–Kier alpha value is -1.15. The topological polar surface area (TPSA) is 115 Å². The maximum absolute atomic E-state index is 11.8. The van der Waals surface area contributed by atoms with E-state index in [1.807, 2.05) is 0 Å². The molecule has 0 amide bonds. The number of benzene rings is 1. The monoisotopic (exact) mass is 325 g/mol. The van der Waals surface area contributed by atoms with E-state index in [0.717, 1.165) is 13.0 Å². The summed E-state index contributed by atoms with van der Waals surface area (Å²) in [4.78, 5) is 22.0. The second kappa shape index (κ2) is 5.46. The summed E-state index contributed by atoms with van der Waals surface area (Å²) in [5.74, 6) is -1.36. The van der Waals surface area contributed by atoms with Crippen molar-refractivity contribution in [3.05, 3.63) is 21.7 Å². The highest BCUT2D eigenvalue weighted by Crippen LogP contribution is 2.36. The van der Waals surface area contributed by atoms with Crippen molar-refractivity contribution in [2.24, 2.45) is 0 Å². The van der Waals surface area contributed by atoms with Crippen molar-refractivity contribution in [2.45, 2.75) is 18.2 Å². The predicted molar refractivity (Wildman–Crippen MR) is 70.3 cm³/mol. The minimum atomic E-state index is -4.73. The standard InChI is InChI=1S/C10H9Cl2NO5S/c1-4(14)2-6(15)8-7(19(16,17)18)3-5(11)10(13)9(8)12/h3H,2,13H2,1H3,(H,16,17,18). The number of Topliss-reactive ketones (excluding diaryl/α,β-unsaturated/α-hetero) is 2. The Bertz CT molecular complexity index is 669. The molecule has 0 unspecified atom stereocenters. The van der Waals surface area contributed by atoms with Crippen LogP contribution in [0.4, 0.5) is 5.69 Å². The molecule has 0 aliphatic carbocycles. The van der Waals surface area contributed by atoms with Crippen molar-refractivity contribution in [2.75, 3.05) is 5.73 Å². The lowest BCUT2D eigenvalue weighted by molar-refractivity contribution is -0.116. The highest BCUT2D eigenvalue weighted by Gasteiger charge is 2.27. The molecule has 1 aromatic rings. The summed E-state index contributed by atoms with van der Waals surface area (Å²) in [6.45, 7) is 1.15. The zero-order valence-corrected chi connectivity index (χ0v) is 11.9. The summed E-state index contributed by atoms with van der Waals surface area (Å²) in [7, 11) is -4.73. The number of nitrogens with two attached hydrogens (primary N) is 1. The van der Waals surface area contributed by atoms with Crippen LogP contribution in [0.3, 0.4) is 0 Å². The van der Waals surface area contributed by atoms with Crippen LogP contribution in [0.15, 0.2) is 11.0 Å². The Kier molecular flexibility index (Phi) is 4.57. The van der Waals surface area contributed by atoms with Crippen LogP contribution < -0.4 is 5.73 Å². The van der Waals surface area contributed by atoms with Gasteiger partial charge in [0.05, 0.1) is 27.7 Å². The molecule has 3 N–H and O–H groups in total. The van der Waals surface area contributed by atoms with E-state index in [2.05, 4.69) is 0 Å². The molecular formula is C10H9Cl2NO5S. The number of halogens is 2. The van der Waals surface area contributed by atoms with Gasteiger partial charge in [-0.15, -0.1) is 0 Å². The third-order valence-corrected chi connectivity index (χ3v) is 3.77. The van der Waals surface area contributed by atoms with Gasteiger partial charge in [0.1, 0.15) is 10.7 Å². The predicted octanol–water partition coefficient (Wildman–Crippen LogP) is 1.98. The van der Waals surface area contributed by atoms with E-state index >= 15 is 0 Å². The molecule has 0 spiro atoms. The summed E-state index contributed by atoms with van der Waals surface area (Å²) in [5.41, 5.74) is 4.74. The van der Waals surface area contributed by atoms with E-state index in [-0.39, 0.29) is 10.7 Å². The van der Waals surface area contributed by atoms with Crippen LogP contribution in [0.1, 0.15) is 23.7 Å². The fourth-order valence-corrected chi connectivity index (χ4v) is 2.81. The number of nitrogen functional groups attached to an aromatic ring is 1. The van der Waals surface area contributed by atoms with E-state index in [4.69, 9.17) is 33.5 Å². The summed E-state index contributed by atoms with van der Waals surface area (Å²) in [6.07, 6.45) is -0.566. The van der Waals surface area contributed by atoms with E-state index in [0.29, 0.717) is 0 Å². The maximum Gasteiger partial charge on any atom is 0.295 e. The van der Waals surface area contributed by atoms with Gasteiger partial charge >= 0.3 is 0 Å². The van der Waals surface area contributed by atoms with Gasteiger partial charge in [-0.1, -0.05) is 23.2 Å². The summed E-state index contributed by atoms with van der Waals surface area (Å²) in [5, 5.41) is -0.636. The van der Waals surface area contributed by atoms with Crippen molar-refractivity contribution >= 4 is 50.6 Å². The molecule has 0 aromatic heterocycles. The van der Waals surface area contributed by atoms with Gasteiger partial charge < -0.3 is 5.73 Å². The number of hydrogen-bond donors (Lipinski definition) is 2. The van der Waals surface area contributed by atoms with Crippen LogP contribution >= 0.6 is 23.2 Å². The van der Waals surface area contributed by atoms with Crippen LogP contribution in [0.25, 0.3) is 0 Å². The fraction of sp³-hybridized carbons (Fsp3) is 0.200. The molecule has 1 rings (SSSR count). The van der Waals surface area contributed by atoms with Crippen molar-refractivity contribution in [3.8, 4) is 0 Å². The number of carbonyl (C=O) groups excluding carboxylic acids is 2. The molecule has 0 saturated carbocycles. The first-order valence-corrected chi connectivity index (χ1v) is 7.03. The molecular weight excluding hydrogens is 317 g/mol. The van der Waals surface area contributed by atoms with Gasteiger partial charge in [0, 0.05) is 0 Å². The molecule has 9 heteroatoms. The Balaban J connectivity index is 3.65. The van der Waals surface area contributed by atoms with Gasteiger partial charge in [-0.05, 0) is 13.0 Å². The van der Waals surface area contributed by atoms with Gasteiger partial charge in [0.15, 0.2) is 5.78 Å². The van der Waals surface area contributed by atoms with Gasteiger partial charge in [-0.2, -0.15) is 8.42 Å². The molecule has 0 atom stereocenters. The lowest BCUT2D eigenvalue weighted by atomic mass is 10.1. The van der Waals surface area contributed by atoms with Gasteiger partial charge in [0.2, 0.25) is 0 Å². The summed E-state index contributed by atoms with van der Waals surface area (Å²) >= 11 is 11.4. The Morgan fingerprint density at radius 1 is 1.37 bits per heavy atom. The van der Waals surface area contributed by atoms with Crippen LogP contribution in [0.5, 0.6) is 0 Å². The highest BCUT2D eigenvalue weighted by molar-refractivity contribution is 7.86. The Labute approximate surface area is 119 Å². The molecule has 0 fully saturated rings. The molecule has 6 nitrogen and oxygen atoms in total. The van der Waals surface area contributed by atoms with Gasteiger partial charge in [0.25, 0.3) is 10.1 Å². The zero-order valence-electron chi connectivity index (χ0n) is 9.61. The smallest absolute Gasteiger partial charge is 0.295 e. The Morgan fingerprint density at radius 3 is 2.32 bits per heavy atom. The number of hydrogen-bond acceptors (Lipinski definition) is 5. The van der Waals surface area contributed by atoms with Gasteiger partial charge in [-0.3, -0.25) is 14.1 Å². The molecule has 0 radical (unpaired) electrons. The van der Waals surface area contributed by atoms with E-state index < -0.39 is 43.6 Å².